The number of halogens is 1. The zero-order valence-corrected chi connectivity index (χ0v) is 8.83. The SMILES string of the molecule is NCCCc1cc2c(c(F)c1O)OCCO2. The Morgan fingerprint density at radius 3 is 2.88 bits per heavy atom. The summed E-state index contributed by atoms with van der Waals surface area (Å²) in [6.07, 6.45) is 1.21. The van der Waals surface area contributed by atoms with E-state index < -0.39 is 5.82 Å². The fraction of sp³-hybridized carbons (Fsp3) is 0.455. The van der Waals surface area contributed by atoms with Gasteiger partial charge in [-0.15, -0.1) is 0 Å². The number of hydrogen-bond acceptors (Lipinski definition) is 4. The zero-order valence-electron chi connectivity index (χ0n) is 8.83. The van der Waals surface area contributed by atoms with Crippen LogP contribution >= 0.6 is 0 Å². The van der Waals surface area contributed by atoms with E-state index in [1.807, 2.05) is 0 Å². The van der Waals surface area contributed by atoms with Crippen LogP contribution in [0.1, 0.15) is 12.0 Å². The van der Waals surface area contributed by atoms with Crippen LogP contribution in [0.4, 0.5) is 4.39 Å². The first-order chi connectivity index (χ1) is 7.74. The largest absolute Gasteiger partial charge is 0.505 e. The Balaban J connectivity index is 2.36. The molecule has 0 spiro atoms. The molecule has 0 radical (unpaired) electrons. The Bertz CT molecular complexity index is 395. The Morgan fingerprint density at radius 1 is 1.38 bits per heavy atom. The van der Waals surface area contributed by atoms with E-state index in [0.29, 0.717) is 43.9 Å². The summed E-state index contributed by atoms with van der Waals surface area (Å²) in [5.41, 5.74) is 5.88. The van der Waals surface area contributed by atoms with Crippen molar-refractivity contribution in [3.05, 3.63) is 17.4 Å². The van der Waals surface area contributed by atoms with Gasteiger partial charge in [0, 0.05) is 5.56 Å². The normalized spacial score (nSPS) is 13.9. The second-order valence-electron chi connectivity index (χ2n) is 3.61. The van der Waals surface area contributed by atoms with E-state index in [9.17, 15) is 9.50 Å². The first-order valence-electron chi connectivity index (χ1n) is 5.24. The Labute approximate surface area is 92.8 Å². The van der Waals surface area contributed by atoms with Gasteiger partial charge in [0.25, 0.3) is 0 Å². The number of phenolic OH excluding ortho intramolecular Hbond substituents is 1. The van der Waals surface area contributed by atoms with Crippen molar-refractivity contribution in [3.63, 3.8) is 0 Å². The average Bonchev–Trinajstić information content (AvgIpc) is 2.32. The number of benzene rings is 1. The lowest BCUT2D eigenvalue weighted by atomic mass is 10.1. The molecule has 1 heterocycles. The smallest absolute Gasteiger partial charge is 0.210 e. The van der Waals surface area contributed by atoms with Gasteiger partial charge >= 0.3 is 0 Å². The summed E-state index contributed by atoms with van der Waals surface area (Å²) in [7, 11) is 0. The van der Waals surface area contributed by atoms with Gasteiger partial charge in [0.2, 0.25) is 11.6 Å². The molecule has 0 fully saturated rings. The van der Waals surface area contributed by atoms with Crippen molar-refractivity contribution < 1.29 is 19.0 Å². The molecule has 0 amide bonds. The topological polar surface area (TPSA) is 64.7 Å². The molecule has 0 aromatic heterocycles. The minimum Gasteiger partial charge on any atom is -0.505 e. The Morgan fingerprint density at radius 2 is 2.12 bits per heavy atom. The first-order valence-corrected chi connectivity index (χ1v) is 5.24. The Hall–Kier alpha value is -1.49. The summed E-state index contributed by atoms with van der Waals surface area (Å²) < 4.78 is 24.1. The molecule has 1 aromatic carbocycles. The minimum atomic E-state index is -0.746. The molecular weight excluding hydrogens is 213 g/mol. The maximum absolute atomic E-state index is 13.7. The van der Waals surface area contributed by atoms with E-state index >= 15 is 0 Å². The number of aryl methyl sites for hydroxylation is 1. The molecule has 2 rings (SSSR count). The number of phenols is 1. The number of nitrogens with two attached hydrogens (primary N) is 1. The zero-order chi connectivity index (χ0) is 11.5. The molecule has 16 heavy (non-hydrogen) atoms. The Kier molecular flexibility index (Phi) is 3.14. The molecule has 5 heteroatoms. The quantitative estimate of drug-likeness (QED) is 0.814. The molecule has 0 saturated heterocycles. The maximum atomic E-state index is 13.7. The van der Waals surface area contributed by atoms with Crippen LogP contribution in [0.5, 0.6) is 17.2 Å². The molecule has 0 bridgehead atoms. The third-order valence-electron chi connectivity index (χ3n) is 2.48. The second kappa shape index (κ2) is 4.57. The number of ether oxygens (including phenoxy) is 2. The maximum Gasteiger partial charge on any atom is 0.210 e. The van der Waals surface area contributed by atoms with Crippen LogP contribution in [-0.2, 0) is 6.42 Å². The molecule has 0 aliphatic carbocycles. The predicted octanol–water partition coefficient (Wildman–Crippen LogP) is 1.19. The van der Waals surface area contributed by atoms with E-state index in [1.165, 1.54) is 0 Å². The highest BCUT2D eigenvalue weighted by molar-refractivity contribution is 5.52. The molecule has 3 N–H and O–H groups in total. The summed E-state index contributed by atoms with van der Waals surface area (Å²) in [6.45, 7) is 1.19. The van der Waals surface area contributed by atoms with Crippen molar-refractivity contribution in [2.24, 2.45) is 5.73 Å². The van der Waals surface area contributed by atoms with Crippen LogP contribution in [0, 0.1) is 5.82 Å². The highest BCUT2D eigenvalue weighted by atomic mass is 19.1. The van der Waals surface area contributed by atoms with Gasteiger partial charge in [0.15, 0.2) is 11.5 Å². The van der Waals surface area contributed by atoms with Crippen LogP contribution in [0.15, 0.2) is 6.07 Å². The fourth-order valence-corrected chi connectivity index (χ4v) is 1.67. The number of fused-ring (bicyclic) bond motifs is 1. The third kappa shape index (κ3) is 1.90. The second-order valence-corrected chi connectivity index (χ2v) is 3.61. The van der Waals surface area contributed by atoms with Gasteiger partial charge in [-0.3, -0.25) is 0 Å². The van der Waals surface area contributed by atoms with Gasteiger partial charge in [-0.05, 0) is 25.5 Å². The highest BCUT2D eigenvalue weighted by Gasteiger charge is 2.22. The molecule has 1 aromatic rings. The monoisotopic (exact) mass is 227 g/mol. The summed E-state index contributed by atoms with van der Waals surface area (Å²) in [4.78, 5) is 0. The lowest BCUT2D eigenvalue weighted by Gasteiger charge is -2.20. The van der Waals surface area contributed by atoms with Gasteiger partial charge in [-0.2, -0.15) is 4.39 Å². The van der Waals surface area contributed by atoms with E-state index in [0.717, 1.165) is 0 Å². The molecule has 4 nitrogen and oxygen atoms in total. The van der Waals surface area contributed by atoms with Crippen molar-refractivity contribution in [2.75, 3.05) is 19.8 Å². The van der Waals surface area contributed by atoms with Crippen LogP contribution in [0.2, 0.25) is 0 Å². The highest BCUT2D eigenvalue weighted by Crippen LogP contribution is 2.40. The van der Waals surface area contributed by atoms with Crippen molar-refractivity contribution in [1.82, 2.24) is 0 Å². The summed E-state index contributed by atoms with van der Waals surface area (Å²) in [5.74, 6) is -0.754. The molecule has 0 saturated carbocycles. The van der Waals surface area contributed by atoms with E-state index in [1.54, 1.807) is 6.07 Å². The minimum absolute atomic E-state index is 0.000230. The molecule has 88 valence electrons. The summed E-state index contributed by atoms with van der Waals surface area (Å²) >= 11 is 0. The summed E-state index contributed by atoms with van der Waals surface area (Å²) in [5, 5.41) is 9.63. The number of rotatable bonds is 3. The number of hydrogen-bond donors (Lipinski definition) is 2. The summed E-state index contributed by atoms with van der Waals surface area (Å²) in [6, 6.07) is 1.61. The van der Waals surface area contributed by atoms with Gasteiger partial charge in [0.05, 0.1) is 0 Å². The lowest BCUT2D eigenvalue weighted by molar-refractivity contribution is 0.162. The number of aromatic hydroxyl groups is 1. The van der Waals surface area contributed by atoms with Crippen LogP contribution in [0.25, 0.3) is 0 Å². The molecule has 1 aliphatic rings. The van der Waals surface area contributed by atoms with Gasteiger partial charge in [-0.1, -0.05) is 0 Å². The first kappa shape index (κ1) is 11.0. The molecule has 1 aliphatic heterocycles. The van der Waals surface area contributed by atoms with E-state index in [-0.39, 0.29) is 11.5 Å². The molecule has 0 atom stereocenters. The third-order valence-corrected chi connectivity index (χ3v) is 2.48. The van der Waals surface area contributed by atoms with Crippen molar-refractivity contribution in [3.8, 4) is 17.2 Å². The lowest BCUT2D eigenvalue weighted by Crippen LogP contribution is -2.17. The average molecular weight is 227 g/mol. The van der Waals surface area contributed by atoms with E-state index in [4.69, 9.17) is 15.2 Å². The van der Waals surface area contributed by atoms with Crippen LogP contribution in [0.3, 0.4) is 0 Å². The molecule has 0 unspecified atom stereocenters. The van der Waals surface area contributed by atoms with E-state index in [2.05, 4.69) is 0 Å². The van der Waals surface area contributed by atoms with Crippen molar-refractivity contribution in [1.29, 1.82) is 0 Å². The predicted molar refractivity (Wildman–Crippen MR) is 56.4 cm³/mol. The van der Waals surface area contributed by atoms with Crippen LogP contribution < -0.4 is 15.2 Å². The molecular formula is C11H14FNO3. The van der Waals surface area contributed by atoms with Gasteiger partial charge in [0.1, 0.15) is 13.2 Å². The fourth-order valence-electron chi connectivity index (χ4n) is 1.67. The van der Waals surface area contributed by atoms with Gasteiger partial charge in [-0.25, -0.2) is 0 Å². The van der Waals surface area contributed by atoms with Crippen molar-refractivity contribution in [2.45, 2.75) is 12.8 Å². The standard InChI is InChI=1S/C11H14FNO3/c12-9-10(14)7(2-1-3-13)6-8-11(9)16-5-4-15-8/h6,14H,1-5,13H2. The van der Waals surface area contributed by atoms with Crippen LogP contribution in [-0.4, -0.2) is 24.9 Å². The van der Waals surface area contributed by atoms with Crippen molar-refractivity contribution >= 4 is 0 Å². The van der Waals surface area contributed by atoms with Gasteiger partial charge < -0.3 is 20.3 Å².